The van der Waals surface area contributed by atoms with Crippen LogP contribution in [0.3, 0.4) is 0 Å². The molecule has 2 aromatic rings. The Balaban J connectivity index is 2.25. The summed E-state index contributed by atoms with van der Waals surface area (Å²) >= 11 is 3.26. The van der Waals surface area contributed by atoms with E-state index in [1.807, 2.05) is 0 Å². The molecular weight excluding hydrogens is 312 g/mol. The number of nitrogens with one attached hydrogen (secondary N) is 1. The molecule has 0 bridgehead atoms. The Hall–Kier alpha value is -2.08. The predicted octanol–water partition coefficient (Wildman–Crippen LogP) is 2.81. The van der Waals surface area contributed by atoms with Crippen molar-refractivity contribution in [2.45, 2.75) is 0 Å². The number of nitrogens with zero attached hydrogens (tertiary/aromatic N) is 1. The predicted molar refractivity (Wildman–Crippen MR) is 74.5 cm³/mol. The number of ether oxygens (including phenoxy) is 1. The second kappa shape index (κ2) is 5.71. The fraction of sp³-hybridized carbons (Fsp3) is 0.0769. The number of phenolic OH excluding ortho intramolecular Hbond substituents is 1. The van der Waals surface area contributed by atoms with E-state index in [0.29, 0.717) is 11.4 Å². The lowest BCUT2D eigenvalue weighted by atomic mass is 10.1. The van der Waals surface area contributed by atoms with Gasteiger partial charge in [0, 0.05) is 10.7 Å². The highest BCUT2D eigenvalue weighted by Crippen LogP contribution is 2.24. The van der Waals surface area contributed by atoms with E-state index in [0.717, 1.165) is 4.47 Å². The molecule has 0 atom stereocenters. The molecule has 6 heteroatoms. The van der Waals surface area contributed by atoms with E-state index < -0.39 is 5.91 Å². The van der Waals surface area contributed by atoms with Crippen molar-refractivity contribution in [3.05, 3.63) is 46.7 Å². The Morgan fingerprint density at radius 2 is 2.16 bits per heavy atom. The molecule has 0 unspecified atom stereocenters. The highest BCUT2D eigenvalue weighted by Gasteiger charge is 2.12. The molecule has 0 saturated carbocycles. The summed E-state index contributed by atoms with van der Waals surface area (Å²) in [5.41, 5.74) is 0.668. The number of anilines is 1. The Bertz CT molecular complexity index is 617. The molecule has 0 fully saturated rings. The maximum Gasteiger partial charge on any atom is 0.259 e. The van der Waals surface area contributed by atoms with Crippen LogP contribution in [0, 0.1) is 0 Å². The van der Waals surface area contributed by atoms with E-state index in [9.17, 15) is 9.90 Å². The molecule has 19 heavy (non-hydrogen) atoms. The van der Waals surface area contributed by atoms with E-state index in [1.165, 1.54) is 25.4 Å². The number of methoxy groups -OCH3 is 1. The van der Waals surface area contributed by atoms with Crippen molar-refractivity contribution in [1.29, 1.82) is 0 Å². The van der Waals surface area contributed by atoms with Crippen LogP contribution in [0.25, 0.3) is 0 Å². The molecule has 1 heterocycles. The molecule has 1 amide bonds. The van der Waals surface area contributed by atoms with E-state index in [1.54, 1.807) is 18.3 Å². The van der Waals surface area contributed by atoms with Gasteiger partial charge in [0.1, 0.15) is 11.5 Å². The zero-order valence-corrected chi connectivity index (χ0v) is 11.6. The molecule has 0 radical (unpaired) electrons. The van der Waals surface area contributed by atoms with Gasteiger partial charge in [-0.1, -0.05) is 0 Å². The lowest BCUT2D eigenvalue weighted by Gasteiger charge is -2.08. The maximum atomic E-state index is 12.0. The topological polar surface area (TPSA) is 71.5 Å². The van der Waals surface area contributed by atoms with Gasteiger partial charge in [0.15, 0.2) is 0 Å². The first kappa shape index (κ1) is 13.4. The zero-order chi connectivity index (χ0) is 13.8. The minimum absolute atomic E-state index is 0.110. The molecule has 2 rings (SSSR count). The van der Waals surface area contributed by atoms with Crippen molar-refractivity contribution in [3.8, 4) is 11.5 Å². The Morgan fingerprint density at radius 3 is 2.84 bits per heavy atom. The minimum atomic E-state index is -0.434. The van der Waals surface area contributed by atoms with E-state index in [4.69, 9.17) is 4.74 Å². The number of carbonyl (C=O) groups is 1. The van der Waals surface area contributed by atoms with E-state index in [-0.39, 0.29) is 11.3 Å². The van der Waals surface area contributed by atoms with Crippen molar-refractivity contribution in [2.24, 2.45) is 0 Å². The second-order valence-electron chi connectivity index (χ2n) is 3.73. The van der Waals surface area contributed by atoms with Gasteiger partial charge in [-0.2, -0.15) is 0 Å². The summed E-state index contributed by atoms with van der Waals surface area (Å²) in [6.45, 7) is 0. The number of pyridine rings is 1. The molecule has 0 saturated heterocycles. The summed E-state index contributed by atoms with van der Waals surface area (Å²) in [5, 5.41) is 12.3. The summed E-state index contributed by atoms with van der Waals surface area (Å²) in [7, 11) is 1.49. The lowest BCUT2D eigenvalue weighted by molar-refractivity contribution is 0.102. The molecule has 98 valence electrons. The molecule has 0 aliphatic heterocycles. The largest absolute Gasteiger partial charge is 0.507 e. The van der Waals surface area contributed by atoms with Gasteiger partial charge in [-0.05, 0) is 40.2 Å². The van der Waals surface area contributed by atoms with Crippen molar-refractivity contribution >= 4 is 27.5 Å². The Kier molecular flexibility index (Phi) is 4.01. The van der Waals surface area contributed by atoms with Crippen LogP contribution >= 0.6 is 15.9 Å². The van der Waals surface area contributed by atoms with Crippen LogP contribution in [-0.4, -0.2) is 23.1 Å². The average molecular weight is 323 g/mol. The number of aromatic hydroxyl groups is 1. The van der Waals surface area contributed by atoms with Gasteiger partial charge >= 0.3 is 0 Å². The summed E-state index contributed by atoms with van der Waals surface area (Å²) in [6, 6.07) is 6.16. The van der Waals surface area contributed by atoms with Crippen LogP contribution in [0.1, 0.15) is 10.4 Å². The first-order chi connectivity index (χ1) is 9.10. The number of phenols is 1. The maximum absolute atomic E-state index is 12.0. The standard InChI is InChI=1S/C13H11BrN2O3/c1-19-10-2-3-12(17)11(5-10)13(18)16-9-4-8(14)6-15-7-9/h2-7,17H,1H3,(H,16,18). The summed E-state index contributed by atoms with van der Waals surface area (Å²) in [6.07, 6.45) is 3.12. The first-order valence-electron chi connectivity index (χ1n) is 5.39. The monoisotopic (exact) mass is 322 g/mol. The molecule has 5 nitrogen and oxygen atoms in total. The highest BCUT2D eigenvalue weighted by atomic mass is 79.9. The van der Waals surface area contributed by atoms with Gasteiger partial charge < -0.3 is 15.2 Å². The number of rotatable bonds is 3. The molecule has 2 N–H and O–H groups in total. The van der Waals surface area contributed by atoms with Crippen LogP contribution < -0.4 is 10.1 Å². The van der Waals surface area contributed by atoms with Crippen molar-refractivity contribution in [2.75, 3.05) is 12.4 Å². The molecule has 0 aliphatic carbocycles. The summed E-state index contributed by atoms with van der Waals surface area (Å²) in [4.78, 5) is 16.0. The molecular formula is C13H11BrN2O3. The van der Waals surface area contributed by atoms with Gasteiger partial charge in [0.05, 0.1) is 24.6 Å². The van der Waals surface area contributed by atoms with Crippen LogP contribution in [-0.2, 0) is 0 Å². The summed E-state index contributed by atoms with van der Waals surface area (Å²) in [5.74, 6) is -0.0483. The van der Waals surface area contributed by atoms with Gasteiger partial charge in [-0.15, -0.1) is 0 Å². The number of halogens is 1. The lowest BCUT2D eigenvalue weighted by Crippen LogP contribution is -2.12. The van der Waals surface area contributed by atoms with E-state index in [2.05, 4.69) is 26.2 Å². The third-order valence-corrected chi connectivity index (χ3v) is 2.84. The number of aromatic nitrogens is 1. The molecule has 1 aromatic heterocycles. The molecule has 0 spiro atoms. The minimum Gasteiger partial charge on any atom is -0.507 e. The van der Waals surface area contributed by atoms with Crippen molar-refractivity contribution < 1.29 is 14.6 Å². The third-order valence-electron chi connectivity index (χ3n) is 2.41. The normalized spacial score (nSPS) is 10.0. The van der Waals surface area contributed by atoms with Gasteiger partial charge in [0.2, 0.25) is 0 Å². The van der Waals surface area contributed by atoms with Crippen LogP contribution in [0.2, 0.25) is 0 Å². The number of amides is 1. The fourth-order valence-corrected chi connectivity index (χ4v) is 1.87. The van der Waals surface area contributed by atoms with Gasteiger partial charge in [-0.25, -0.2) is 0 Å². The highest BCUT2D eigenvalue weighted by molar-refractivity contribution is 9.10. The third kappa shape index (κ3) is 3.23. The van der Waals surface area contributed by atoms with Crippen molar-refractivity contribution in [1.82, 2.24) is 4.98 Å². The molecule has 0 aliphatic rings. The van der Waals surface area contributed by atoms with E-state index >= 15 is 0 Å². The Morgan fingerprint density at radius 1 is 1.37 bits per heavy atom. The quantitative estimate of drug-likeness (QED) is 0.911. The molecule has 1 aromatic carbocycles. The van der Waals surface area contributed by atoms with Crippen LogP contribution in [0.5, 0.6) is 11.5 Å². The number of hydrogen-bond donors (Lipinski definition) is 2. The smallest absolute Gasteiger partial charge is 0.259 e. The van der Waals surface area contributed by atoms with Crippen LogP contribution in [0.15, 0.2) is 41.1 Å². The first-order valence-corrected chi connectivity index (χ1v) is 6.18. The SMILES string of the molecule is COc1ccc(O)c(C(=O)Nc2cncc(Br)c2)c1. The average Bonchev–Trinajstić information content (AvgIpc) is 2.39. The fourth-order valence-electron chi connectivity index (χ4n) is 1.50. The van der Waals surface area contributed by atoms with Gasteiger partial charge in [-0.3, -0.25) is 9.78 Å². The second-order valence-corrected chi connectivity index (χ2v) is 4.64. The number of hydrogen-bond acceptors (Lipinski definition) is 4. The van der Waals surface area contributed by atoms with Crippen LogP contribution in [0.4, 0.5) is 5.69 Å². The van der Waals surface area contributed by atoms with Crippen molar-refractivity contribution in [3.63, 3.8) is 0 Å². The zero-order valence-electron chi connectivity index (χ0n) is 10.1. The Labute approximate surface area is 118 Å². The van der Waals surface area contributed by atoms with Gasteiger partial charge in [0.25, 0.3) is 5.91 Å². The number of benzene rings is 1. The summed E-state index contributed by atoms with van der Waals surface area (Å²) < 4.78 is 5.77. The number of carbonyl (C=O) groups excluding carboxylic acids is 1.